The van der Waals surface area contributed by atoms with E-state index in [2.05, 4.69) is 71.5 Å². The number of aliphatic hydroxyl groups is 1. The summed E-state index contributed by atoms with van der Waals surface area (Å²) in [6, 6.07) is 10.4. The van der Waals surface area contributed by atoms with E-state index in [1.807, 2.05) is 19.9 Å². The van der Waals surface area contributed by atoms with E-state index >= 15 is 0 Å². The molecule has 0 radical (unpaired) electrons. The van der Waals surface area contributed by atoms with Gasteiger partial charge in [0.1, 0.15) is 42.6 Å². The van der Waals surface area contributed by atoms with E-state index in [4.69, 9.17) is 38.9 Å². The molecular weight excluding hydrogens is 1230 g/mol. The number of halogens is 1. The zero-order chi connectivity index (χ0) is 65.8. The molecule has 3 fully saturated rings. The van der Waals surface area contributed by atoms with Crippen molar-refractivity contribution in [2.24, 2.45) is 17.6 Å². The summed E-state index contributed by atoms with van der Waals surface area (Å²) in [5.74, 6) is -2.89. The molecule has 0 aromatic heterocycles. The van der Waals surface area contributed by atoms with Crippen molar-refractivity contribution in [2.45, 2.75) is 167 Å². The Morgan fingerprint density at radius 1 is 0.800 bits per heavy atom. The first-order chi connectivity index (χ1) is 42.9. The Balaban J connectivity index is 1.01. The SMILES string of the molecule is CC(=O)O[C@@H](C)/C=C\C(=O)N[C@@H]1C[C@H](C)[C@H](C/C=C(C)/C=C/[C@H]2O[C@H](CC(=O)NCc3ccc(NC(=O)OCc4ccc(NC(=O)[C@@H](CCCNC(N)=O)NC(=O)[C@H](NC(=O)CCOCCOCCNC(=O)CBr)C(C)C)cc4)cc3)C[C@@]3(CO3)[C@@H]2O)O[C@@H]1C. The standard InChI is InChI=1S/C63H90BrN9O17/c1-38(2)57(73-54(76)24-27-84-29-30-85-28-26-66-56(78)34-64)60(81)72-49(9-8-25-67-61(65)82)59(80)69-46-19-15-45(16-20-46)36-86-62(83)70-47-17-13-44(14-18-47)35-68-55(77)32-48-33-63(37-87-63)58(79)52(90-48)22-11-39(3)10-21-51-40(4)31-50(42(6)89-51)71-53(75)23-12-41(5)88-43(7)74/h10-20,22-23,38,40-42,48-52,57-58,79H,8-9,21,24-37H2,1-7H3,(H,66,78)(H,68,77)(H,69,80)(H,70,83)(H,71,75)(H,72,81)(H,73,76)(H3,65,67,82)/b22-11+,23-12-,39-10+/t40-,41-,42+,48+,49+,50+,51-,52+,57+,58+,63+/m0/s1. The molecule has 3 aliphatic heterocycles. The Morgan fingerprint density at radius 2 is 1.48 bits per heavy atom. The maximum absolute atomic E-state index is 13.6. The second kappa shape index (κ2) is 37.8. The zero-order valence-corrected chi connectivity index (χ0v) is 53.9. The van der Waals surface area contributed by atoms with Crippen LogP contribution >= 0.6 is 15.9 Å². The van der Waals surface area contributed by atoms with Crippen LogP contribution in [0.1, 0.15) is 105 Å². The summed E-state index contributed by atoms with van der Waals surface area (Å²) in [5.41, 5.74) is 7.58. The third-order valence-corrected chi connectivity index (χ3v) is 15.5. The number of carbonyl (C=O) groups is 9. The van der Waals surface area contributed by atoms with Crippen molar-refractivity contribution in [3.05, 3.63) is 95.6 Å². The van der Waals surface area contributed by atoms with E-state index < -0.39 is 77.9 Å². The van der Waals surface area contributed by atoms with Gasteiger partial charge in [0.2, 0.25) is 35.4 Å². The number of nitrogens with two attached hydrogens (primary N) is 1. The first kappa shape index (κ1) is 73.5. The zero-order valence-electron chi connectivity index (χ0n) is 52.3. The predicted octanol–water partition coefficient (Wildman–Crippen LogP) is 4.37. The molecule has 3 heterocycles. The molecule has 0 bridgehead atoms. The van der Waals surface area contributed by atoms with Crippen LogP contribution in [0.15, 0.2) is 84.5 Å². The minimum Gasteiger partial charge on any atom is -0.459 e. The number of hydrogen-bond acceptors (Lipinski definition) is 17. The summed E-state index contributed by atoms with van der Waals surface area (Å²) in [7, 11) is 0. The predicted molar refractivity (Wildman–Crippen MR) is 336 cm³/mol. The Hall–Kier alpha value is -7.27. The molecule has 26 nitrogen and oxygen atoms in total. The number of esters is 1. The number of hydrogen-bond donors (Lipinski definition) is 10. The van der Waals surface area contributed by atoms with Gasteiger partial charge in [-0.25, -0.2) is 9.59 Å². The number of anilines is 2. The normalized spacial score (nSPS) is 22.4. The van der Waals surface area contributed by atoms with Gasteiger partial charge in [0.25, 0.3) is 0 Å². The maximum atomic E-state index is 13.6. The minimum atomic E-state index is -1.07. The minimum absolute atomic E-state index is 0.0334. The number of epoxide rings is 1. The highest BCUT2D eigenvalue weighted by atomic mass is 79.9. The van der Waals surface area contributed by atoms with E-state index in [0.29, 0.717) is 49.5 Å². The topological polar surface area (TPSA) is 364 Å². The summed E-state index contributed by atoms with van der Waals surface area (Å²) < 4.78 is 39.7. The lowest BCUT2D eigenvalue weighted by Crippen LogP contribution is -2.54. The van der Waals surface area contributed by atoms with Crippen molar-refractivity contribution in [3.63, 3.8) is 0 Å². The van der Waals surface area contributed by atoms with E-state index in [9.17, 15) is 48.3 Å². The van der Waals surface area contributed by atoms with Gasteiger partial charge in [-0.1, -0.05) is 84.8 Å². The molecule has 11 atom stereocenters. The van der Waals surface area contributed by atoms with E-state index in [-0.39, 0.29) is 118 Å². The van der Waals surface area contributed by atoms with Gasteiger partial charge in [0.05, 0.1) is 69.1 Å². The highest BCUT2D eigenvalue weighted by molar-refractivity contribution is 9.09. The van der Waals surface area contributed by atoms with Crippen molar-refractivity contribution >= 4 is 80.8 Å². The molecule has 0 saturated carbocycles. The largest absolute Gasteiger partial charge is 0.459 e. The van der Waals surface area contributed by atoms with Gasteiger partial charge in [0.15, 0.2) is 0 Å². The van der Waals surface area contributed by atoms with E-state index in [1.54, 1.807) is 75.4 Å². The molecule has 0 aliphatic carbocycles. The van der Waals surface area contributed by atoms with E-state index in [0.717, 1.165) is 17.6 Å². The highest BCUT2D eigenvalue weighted by Gasteiger charge is 2.58. The second-order valence-corrected chi connectivity index (χ2v) is 23.5. The number of ether oxygens (including phenoxy) is 7. The van der Waals surface area contributed by atoms with Gasteiger partial charge in [-0.2, -0.15) is 0 Å². The van der Waals surface area contributed by atoms with Gasteiger partial charge in [0, 0.05) is 56.9 Å². The van der Waals surface area contributed by atoms with Crippen LogP contribution in [0.2, 0.25) is 0 Å². The van der Waals surface area contributed by atoms with Gasteiger partial charge in [-0.3, -0.25) is 38.9 Å². The van der Waals surface area contributed by atoms with E-state index in [1.165, 1.54) is 19.1 Å². The third-order valence-electron chi connectivity index (χ3n) is 15.0. The summed E-state index contributed by atoms with van der Waals surface area (Å²) in [6.07, 6.45) is 7.09. The smallest absolute Gasteiger partial charge is 0.411 e. The van der Waals surface area contributed by atoms with Gasteiger partial charge >= 0.3 is 18.1 Å². The number of primary amides is 1. The summed E-state index contributed by atoms with van der Waals surface area (Å²) in [5, 5.41) is 33.4. The van der Waals surface area contributed by atoms with Crippen LogP contribution in [0.3, 0.4) is 0 Å². The number of carbonyl (C=O) groups excluding carboxylic acids is 9. The van der Waals surface area contributed by atoms with Crippen LogP contribution in [0, 0.1) is 11.8 Å². The molecule has 3 saturated heterocycles. The molecule has 3 aliphatic rings. The fourth-order valence-corrected chi connectivity index (χ4v) is 10.1. The quantitative estimate of drug-likeness (QED) is 0.0114. The number of nitrogens with one attached hydrogen (secondary N) is 8. The first-order valence-corrected chi connectivity index (χ1v) is 31.5. The number of alkyl halides is 1. The molecular formula is C63H90BrN9O17. The first-order valence-electron chi connectivity index (χ1n) is 30.4. The lowest BCUT2D eigenvalue weighted by atomic mass is 9.87. The van der Waals surface area contributed by atoms with Crippen LogP contribution in [-0.4, -0.2) is 170 Å². The number of amides is 9. The molecule has 1 spiro atoms. The molecule has 2 aromatic carbocycles. The van der Waals surface area contributed by atoms with Crippen LogP contribution in [-0.2, 0) is 79.9 Å². The van der Waals surface area contributed by atoms with Gasteiger partial charge in [-0.05, 0) is 99.8 Å². The molecule has 11 N–H and O–H groups in total. The molecule has 90 heavy (non-hydrogen) atoms. The number of rotatable bonds is 35. The molecule has 0 unspecified atom stereocenters. The molecule has 27 heteroatoms. The van der Waals surface area contributed by atoms with Gasteiger partial charge < -0.3 is 81.2 Å². The lowest BCUT2D eigenvalue weighted by Gasteiger charge is -2.39. The lowest BCUT2D eigenvalue weighted by molar-refractivity contribution is -0.145. The molecule has 9 amide bonds. The summed E-state index contributed by atoms with van der Waals surface area (Å²) in [4.78, 5) is 112. The Kier molecular flexibility index (Phi) is 30.8. The van der Waals surface area contributed by atoms with Crippen molar-refractivity contribution < 1.29 is 81.4 Å². The molecule has 2 aromatic rings. The van der Waals surface area contributed by atoms with Crippen LogP contribution in [0.4, 0.5) is 21.0 Å². The maximum Gasteiger partial charge on any atom is 0.411 e. The number of aliphatic hydroxyl groups excluding tert-OH is 1. The average molecular weight is 1330 g/mol. The van der Waals surface area contributed by atoms with Crippen LogP contribution in [0.25, 0.3) is 0 Å². The average Bonchev–Trinajstić information content (AvgIpc) is 1.61. The number of benzene rings is 2. The second-order valence-electron chi connectivity index (χ2n) is 23.0. The Morgan fingerprint density at radius 3 is 2.13 bits per heavy atom. The molecule has 496 valence electrons. The molecule has 5 rings (SSSR count). The van der Waals surface area contributed by atoms with Crippen molar-refractivity contribution in [3.8, 4) is 0 Å². The van der Waals surface area contributed by atoms with Crippen molar-refractivity contribution in [1.82, 2.24) is 31.9 Å². The van der Waals surface area contributed by atoms with Crippen molar-refractivity contribution in [2.75, 3.05) is 62.1 Å². The summed E-state index contributed by atoms with van der Waals surface area (Å²) >= 11 is 3.06. The monoisotopic (exact) mass is 1320 g/mol. The Labute approximate surface area is 534 Å². The number of urea groups is 1. The highest BCUT2D eigenvalue weighted by Crippen LogP contribution is 2.43. The van der Waals surface area contributed by atoms with Crippen LogP contribution < -0.4 is 48.3 Å². The fourth-order valence-electron chi connectivity index (χ4n) is 9.91. The summed E-state index contributed by atoms with van der Waals surface area (Å²) in [6.45, 7) is 14.3. The fraction of sp³-hybridized carbons (Fsp3) is 0.571. The Bertz CT molecular complexity index is 2800. The van der Waals surface area contributed by atoms with Gasteiger partial charge in [-0.15, -0.1) is 0 Å². The van der Waals surface area contributed by atoms with Crippen LogP contribution in [0.5, 0.6) is 0 Å². The number of allylic oxidation sites excluding steroid dienone is 2. The van der Waals surface area contributed by atoms with Crippen molar-refractivity contribution in [1.29, 1.82) is 0 Å². The third kappa shape index (κ3) is 26.7.